The summed E-state index contributed by atoms with van der Waals surface area (Å²) in [5.74, 6) is 0.705. The van der Waals surface area contributed by atoms with Crippen molar-refractivity contribution >= 4 is 0 Å². The average Bonchev–Trinajstić information content (AvgIpc) is 2.33. The molecule has 0 bridgehead atoms. The highest BCUT2D eigenvalue weighted by atomic mass is 16.7. The SMILES string of the molecule is CC1OC[C@@H]2CCCC2O1. The third-order valence-corrected chi connectivity index (χ3v) is 2.50. The molecule has 58 valence electrons. The molecule has 1 aliphatic heterocycles. The topological polar surface area (TPSA) is 18.5 Å². The smallest absolute Gasteiger partial charge is 0.155 e. The van der Waals surface area contributed by atoms with Crippen molar-refractivity contribution < 1.29 is 9.47 Å². The fourth-order valence-electron chi connectivity index (χ4n) is 1.92. The van der Waals surface area contributed by atoms with Crippen molar-refractivity contribution in [1.82, 2.24) is 0 Å². The fourth-order valence-corrected chi connectivity index (χ4v) is 1.92. The molecule has 0 spiro atoms. The maximum Gasteiger partial charge on any atom is 0.155 e. The molecule has 1 saturated carbocycles. The largest absolute Gasteiger partial charge is 0.353 e. The van der Waals surface area contributed by atoms with E-state index in [0.717, 1.165) is 6.61 Å². The Labute approximate surface area is 61.5 Å². The van der Waals surface area contributed by atoms with Crippen molar-refractivity contribution in [2.24, 2.45) is 5.92 Å². The van der Waals surface area contributed by atoms with Gasteiger partial charge in [-0.1, -0.05) is 6.42 Å². The van der Waals surface area contributed by atoms with Crippen LogP contribution in [0.2, 0.25) is 0 Å². The Bertz CT molecular complexity index is 124. The second-order valence-corrected chi connectivity index (χ2v) is 3.27. The Morgan fingerprint density at radius 3 is 3.10 bits per heavy atom. The van der Waals surface area contributed by atoms with E-state index in [4.69, 9.17) is 9.47 Å². The zero-order valence-corrected chi connectivity index (χ0v) is 6.38. The molecule has 0 amide bonds. The van der Waals surface area contributed by atoms with Crippen LogP contribution < -0.4 is 0 Å². The van der Waals surface area contributed by atoms with Crippen molar-refractivity contribution in [1.29, 1.82) is 0 Å². The first-order valence-electron chi connectivity index (χ1n) is 4.13. The normalized spacial score (nSPS) is 47.1. The molecule has 3 atom stereocenters. The molecule has 10 heavy (non-hydrogen) atoms. The summed E-state index contributed by atoms with van der Waals surface area (Å²) in [6.07, 6.45) is 4.43. The van der Waals surface area contributed by atoms with Gasteiger partial charge in [0.2, 0.25) is 0 Å². The molecule has 2 rings (SSSR count). The standard InChI is InChI=1S/C8H14O2/c1-6-9-5-7-3-2-4-8(7)10-6/h6-8H,2-5H2,1H3/t6?,7-,8?/m0/s1. The third-order valence-electron chi connectivity index (χ3n) is 2.50. The van der Waals surface area contributed by atoms with Gasteiger partial charge in [0.1, 0.15) is 0 Å². The van der Waals surface area contributed by atoms with Gasteiger partial charge in [-0.2, -0.15) is 0 Å². The van der Waals surface area contributed by atoms with Crippen LogP contribution in [0.4, 0.5) is 0 Å². The van der Waals surface area contributed by atoms with Crippen LogP contribution in [0.1, 0.15) is 26.2 Å². The van der Waals surface area contributed by atoms with Gasteiger partial charge >= 0.3 is 0 Å². The van der Waals surface area contributed by atoms with Gasteiger partial charge in [-0.25, -0.2) is 0 Å². The van der Waals surface area contributed by atoms with Gasteiger partial charge in [-0.3, -0.25) is 0 Å². The molecule has 2 nitrogen and oxygen atoms in total. The Kier molecular flexibility index (Phi) is 1.66. The summed E-state index contributed by atoms with van der Waals surface area (Å²) in [5, 5.41) is 0. The zero-order chi connectivity index (χ0) is 6.97. The first kappa shape index (κ1) is 6.62. The van der Waals surface area contributed by atoms with E-state index in [1.807, 2.05) is 6.92 Å². The van der Waals surface area contributed by atoms with Gasteiger partial charge in [0.05, 0.1) is 12.7 Å². The average molecular weight is 142 g/mol. The molecule has 1 saturated heterocycles. The maximum atomic E-state index is 5.59. The van der Waals surface area contributed by atoms with Crippen LogP contribution in [-0.2, 0) is 9.47 Å². The molecule has 2 unspecified atom stereocenters. The van der Waals surface area contributed by atoms with Gasteiger partial charge in [0, 0.05) is 5.92 Å². The molecule has 2 fully saturated rings. The van der Waals surface area contributed by atoms with Crippen LogP contribution in [0.3, 0.4) is 0 Å². The summed E-state index contributed by atoms with van der Waals surface area (Å²) in [6.45, 7) is 2.90. The molecular formula is C8H14O2. The molecule has 0 aromatic carbocycles. The second-order valence-electron chi connectivity index (χ2n) is 3.27. The van der Waals surface area contributed by atoms with E-state index in [0.29, 0.717) is 12.0 Å². The van der Waals surface area contributed by atoms with Gasteiger partial charge in [0.15, 0.2) is 6.29 Å². The van der Waals surface area contributed by atoms with Crippen LogP contribution in [-0.4, -0.2) is 19.0 Å². The molecule has 2 heteroatoms. The molecular weight excluding hydrogens is 128 g/mol. The van der Waals surface area contributed by atoms with Crippen molar-refractivity contribution in [3.63, 3.8) is 0 Å². The van der Waals surface area contributed by atoms with Crippen molar-refractivity contribution in [3.8, 4) is 0 Å². The van der Waals surface area contributed by atoms with Crippen LogP contribution in [0.15, 0.2) is 0 Å². The molecule has 0 N–H and O–H groups in total. The van der Waals surface area contributed by atoms with Crippen LogP contribution in [0, 0.1) is 5.92 Å². The van der Waals surface area contributed by atoms with E-state index in [-0.39, 0.29) is 6.29 Å². The van der Waals surface area contributed by atoms with Gasteiger partial charge in [0.25, 0.3) is 0 Å². The lowest BCUT2D eigenvalue weighted by Gasteiger charge is -2.30. The van der Waals surface area contributed by atoms with Crippen LogP contribution >= 0.6 is 0 Å². The summed E-state index contributed by atoms with van der Waals surface area (Å²) in [5.41, 5.74) is 0. The molecule has 1 heterocycles. The molecule has 0 aromatic heterocycles. The highest BCUT2D eigenvalue weighted by molar-refractivity contribution is 4.80. The minimum absolute atomic E-state index is 0.0411. The van der Waals surface area contributed by atoms with E-state index in [1.165, 1.54) is 19.3 Å². The first-order valence-corrected chi connectivity index (χ1v) is 4.13. The fraction of sp³-hybridized carbons (Fsp3) is 1.00. The van der Waals surface area contributed by atoms with E-state index in [1.54, 1.807) is 0 Å². The molecule has 0 radical (unpaired) electrons. The van der Waals surface area contributed by atoms with Gasteiger partial charge in [-0.15, -0.1) is 0 Å². The lowest BCUT2D eigenvalue weighted by molar-refractivity contribution is -0.219. The number of fused-ring (bicyclic) bond motifs is 1. The predicted octanol–water partition coefficient (Wildman–Crippen LogP) is 1.55. The lowest BCUT2D eigenvalue weighted by Crippen LogP contribution is -2.35. The Morgan fingerprint density at radius 1 is 1.30 bits per heavy atom. The third kappa shape index (κ3) is 1.06. The monoisotopic (exact) mass is 142 g/mol. The molecule has 1 aliphatic carbocycles. The Hall–Kier alpha value is -0.0800. The molecule has 2 aliphatic rings. The highest BCUT2D eigenvalue weighted by Crippen LogP contribution is 2.32. The summed E-state index contributed by atoms with van der Waals surface area (Å²) in [6, 6.07) is 0. The van der Waals surface area contributed by atoms with Crippen molar-refractivity contribution in [3.05, 3.63) is 0 Å². The second kappa shape index (κ2) is 2.51. The quantitative estimate of drug-likeness (QED) is 0.511. The number of hydrogen-bond acceptors (Lipinski definition) is 2. The summed E-state index contributed by atoms with van der Waals surface area (Å²) >= 11 is 0. The Morgan fingerprint density at radius 2 is 2.20 bits per heavy atom. The number of ether oxygens (including phenoxy) is 2. The summed E-state index contributed by atoms with van der Waals surface area (Å²) < 4.78 is 11.0. The van der Waals surface area contributed by atoms with Crippen molar-refractivity contribution in [2.45, 2.75) is 38.6 Å². The lowest BCUT2D eigenvalue weighted by atomic mass is 10.1. The minimum Gasteiger partial charge on any atom is -0.353 e. The van der Waals surface area contributed by atoms with E-state index in [9.17, 15) is 0 Å². The predicted molar refractivity (Wildman–Crippen MR) is 37.6 cm³/mol. The first-order chi connectivity index (χ1) is 4.86. The summed E-state index contributed by atoms with van der Waals surface area (Å²) in [7, 11) is 0. The van der Waals surface area contributed by atoms with Gasteiger partial charge in [-0.05, 0) is 19.8 Å². The Balaban J connectivity index is 1.96. The van der Waals surface area contributed by atoms with Crippen LogP contribution in [0.25, 0.3) is 0 Å². The number of rotatable bonds is 0. The maximum absolute atomic E-state index is 5.59. The van der Waals surface area contributed by atoms with E-state index < -0.39 is 0 Å². The zero-order valence-electron chi connectivity index (χ0n) is 6.38. The highest BCUT2D eigenvalue weighted by Gasteiger charge is 2.33. The number of hydrogen-bond donors (Lipinski definition) is 0. The van der Waals surface area contributed by atoms with E-state index in [2.05, 4.69) is 0 Å². The van der Waals surface area contributed by atoms with E-state index >= 15 is 0 Å². The summed E-state index contributed by atoms with van der Waals surface area (Å²) in [4.78, 5) is 0. The van der Waals surface area contributed by atoms with Gasteiger partial charge < -0.3 is 9.47 Å². The molecule has 0 aromatic rings. The minimum atomic E-state index is 0.0411. The van der Waals surface area contributed by atoms with Crippen LogP contribution in [0.5, 0.6) is 0 Å². The van der Waals surface area contributed by atoms with Crippen molar-refractivity contribution in [2.75, 3.05) is 6.61 Å².